The third-order valence-electron chi connectivity index (χ3n) is 4.59. The first-order chi connectivity index (χ1) is 13.7. The maximum atomic E-state index is 13.9. The minimum atomic E-state index is -4.19. The molecule has 156 valence electrons. The van der Waals surface area contributed by atoms with Gasteiger partial charge in [0.25, 0.3) is 5.91 Å². The van der Waals surface area contributed by atoms with E-state index in [-0.39, 0.29) is 38.7 Å². The molecule has 0 spiro atoms. The summed E-state index contributed by atoms with van der Waals surface area (Å²) < 4.78 is 58.9. The van der Waals surface area contributed by atoms with Gasteiger partial charge in [-0.25, -0.2) is 17.2 Å². The summed E-state index contributed by atoms with van der Waals surface area (Å²) in [6.45, 7) is 1.81. The molecule has 1 aliphatic rings. The Morgan fingerprint density at radius 2 is 1.79 bits per heavy atom. The molecule has 6 nitrogen and oxygen atoms in total. The maximum Gasteiger partial charge on any atom is 0.260 e. The molecule has 0 saturated carbocycles. The average molecular weight is 445 g/mol. The predicted octanol–water partition coefficient (Wildman–Crippen LogP) is 2.84. The van der Waals surface area contributed by atoms with E-state index >= 15 is 0 Å². The van der Waals surface area contributed by atoms with Crippen molar-refractivity contribution in [3.05, 3.63) is 58.6 Å². The molecule has 10 heteroatoms. The Hall–Kier alpha value is -2.23. The number of benzene rings is 2. The number of carbonyl (C=O) groups is 1. The van der Waals surface area contributed by atoms with Crippen LogP contribution < -0.4 is 4.74 Å². The van der Waals surface area contributed by atoms with Crippen molar-refractivity contribution in [3.63, 3.8) is 0 Å². The number of ether oxygens (including phenoxy) is 1. The molecule has 1 heterocycles. The van der Waals surface area contributed by atoms with E-state index in [0.717, 1.165) is 22.0 Å². The highest BCUT2D eigenvalue weighted by Gasteiger charge is 2.32. The van der Waals surface area contributed by atoms with Crippen LogP contribution in [0.25, 0.3) is 0 Å². The smallest absolute Gasteiger partial charge is 0.260 e. The lowest BCUT2D eigenvalue weighted by atomic mass is 10.2. The number of amides is 1. The fourth-order valence-corrected chi connectivity index (χ4v) is 4.55. The molecule has 0 atom stereocenters. The van der Waals surface area contributed by atoms with Crippen molar-refractivity contribution < 1.29 is 26.7 Å². The Morgan fingerprint density at radius 3 is 2.45 bits per heavy atom. The lowest BCUT2D eigenvalue weighted by molar-refractivity contribution is -0.134. The second-order valence-corrected chi connectivity index (χ2v) is 8.87. The Balaban J connectivity index is 1.58. The number of nitrogens with zero attached hydrogens (tertiary/aromatic N) is 2. The highest BCUT2D eigenvalue weighted by molar-refractivity contribution is 7.89. The predicted molar refractivity (Wildman–Crippen MR) is 103 cm³/mol. The molecule has 3 rings (SSSR count). The van der Waals surface area contributed by atoms with Crippen LogP contribution >= 0.6 is 11.6 Å². The summed E-state index contributed by atoms with van der Waals surface area (Å²) in [6.07, 6.45) is 0. The molecule has 0 aliphatic carbocycles. The first kappa shape index (κ1) is 21.5. The molecule has 0 N–H and O–H groups in total. The molecule has 1 saturated heterocycles. The summed E-state index contributed by atoms with van der Waals surface area (Å²) >= 11 is 5.95. The largest absolute Gasteiger partial charge is 0.484 e. The molecule has 0 aromatic heterocycles. The van der Waals surface area contributed by atoms with Gasteiger partial charge in [-0.2, -0.15) is 4.31 Å². The molecule has 1 amide bonds. The van der Waals surface area contributed by atoms with Crippen LogP contribution in [0.1, 0.15) is 5.56 Å². The minimum Gasteiger partial charge on any atom is -0.484 e. The molecule has 29 heavy (non-hydrogen) atoms. The highest BCUT2D eigenvalue weighted by atomic mass is 35.5. The van der Waals surface area contributed by atoms with E-state index in [0.29, 0.717) is 16.8 Å². The molecule has 1 aliphatic heterocycles. The van der Waals surface area contributed by atoms with Crippen LogP contribution in [0.2, 0.25) is 5.02 Å². The summed E-state index contributed by atoms with van der Waals surface area (Å²) in [6, 6.07) is 7.33. The molecule has 0 unspecified atom stereocenters. The zero-order valence-electron chi connectivity index (χ0n) is 15.6. The number of piperazine rings is 1. The first-order valence-electron chi connectivity index (χ1n) is 8.80. The van der Waals surface area contributed by atoms with Gasteiger partial charge in [0.05, 0.1) is 0 Å². The minimum absolute atomic E-state index is 0.0237. The van der Waals surface area contributed by atoms with Crippen molar-refractivity contribution in [2.45, 2.75) is 11.8 Å². The van der Waals surface area contributed by atoms with Crippen LogP contribution in [0.5, 0.6) is 5.75 Å². The van der Waals surface area contributed by atoms with Crippen molar-refractivity contribution >= 4 is 27.5 Å². The van der Waals surface area contributed by atoms with Gasteiger partial charge in [0, 0.05) is 31.2 Å². The number of hydrogen-bond acceptors (Lipinski definition) is 4. The van der Waals surface area contributed by atoms with Gasteiger partial charge in [-0.05, 0) is 48.9 Å². The lowest BCUT2D eigenvalue weighted by Gasteiger charge is -2.34. The van der Waals surface area contributed by atoms with Crippen LogP contribution in [-0.2, 0) is 14.8 Å². The highest BCUT2D eigenvalue weighted by Crippen LogP contribution is 2.23. The molecular formula is C19H19ClF2N2O4S. The zero-order valence-corrected chi connectivity index (χ0v) is 17.1. The van der Waals surface area contributed by atoms with Crippen LogP contribution in [0, 0.1) is 18.6 Å². The number of halogens is 3. The van der Waals surface area contributed by atoms with Gasteiger partial charge in [-0.1, -0.05) is 11.6 Å². The third kappa shape index (κ3) is 4.85. The quantitative estimate of drug-likeness (QED) is 0.711. The van der Waals surface area contributed by atoms with Gasteiger partial charge >= 0.3 is 0 Å². The molecule has 1 fully saturated rings. The molecule has 2 aromatic rings. The Bertz CT molecular complexity index is 1020. The van der Waals surface area contributed by atoms with Crippen LogP contribution in [0.15, 0.2) is 41.3 Å². The molecule has 0 bridgehead atoms. The van der Waals surface area contributed by atoms with E-state index in [1.807, 2.05) is 6.92 Å². The number of sulfonamides is 1. The Morgan fingerprint density at radius 1 is 1.10 bits per heavy atom. The summed E-state index contributed by atoms with van der Waals surface area (Å²) in [7, 11) is -4.19. The maximum absolute atomic E-state index is 13.9. The summed E-state index contributed by atoms with van der Waals surface area (Å²) in [5, 5.41) is 0.593. The molecule has 2 aromatic carbocycles. The normalized spacial score (nSPS) is 15.4. The topological polar surface area (TPSA) is 66.9 Å². The van der Waals surface area contributed by atoms with Gasteiger partial charge in [-0.3, -0.25) is 4.79 Å². The van der Waals surface area contributed by atoms with Gasteiger partial charge in [0.1, 0.15) is 22.3 Å². The van der Waals surface area contributed by atoms with E-state index < -0.39 is 26.6 Å². The average Bonchev–Trinajstić information content (AvgIpc) is 2.70. The van der Waals surface area contributed by atoms with E-state index in [1.165, 1.54) is 4.90 Å². The van der Waals surface area contributed by atoms with Gasteiger partial charge in [0.15, 0.2) is 6.61 Å². The van der Waals surface area contributed by atoms with Crippen LogP contribution in [-0.4, -0.2) is 56.3 Å². The van der Waals surface area contributed by atoms with Gasteiger partial charge in [-0.15, -0.1) is 0 Å². The Labute approximate surface area is 172 Å². The van der Waals surface area contributed by atoms with Crippen molar-refractivity contribution in [1.82, 2.24) is 9.21 Å². The fraction of sp³-hybridized carbons (Fsp3) is 0.316. The number of aryl methyl sites for hydroxylation is 1. The SMILES string of the molecule is Cc1cc(OCC(=O)N2CCN(S(=O)(=O)c3cc(F)ccc3F)CC2)ccc1Cl. The van der Waals surface area contributed by atoms with Crippen molar-refractivity contribution in [2.24, 2.45) is 0 Å². The van der Waals surface area contributed by atoms with Crippen molar-refractivity contribution in [2.75, 3.05) is 32.8 Å². The van der Waals surface area contributed by atoms with E-state index in [4.69, 9.17) is 16.3 Å². The molecular weight excluding hydrogens is 426 g/mol. The standard InChI is InChI=1S/C19H19ClF2N2O4S/c1-13-10-15(3-4-16(13)20)28-12-19(25)23-6-8-24(9-7-23)29(26,27)18-11-14(21)2-5-17(18)22/h2-5,10-11H,6-9,12H2,1H3. The summed E-state index contributed by atoms with van der Waals surface area (Å²) in [5.74, 6) is -1.65. The summed E-state index contributed by atoms with van der Waals surface area (Å²) in [4.78, 5) is 13.1. The lowest BCUT2D eigenvalue weighted by Crippen LogP contribution is -2.51. The van der Waals surface area contributed by atoms with Crippen LogP contribution in [0.4, 0.5) is 8.78 Å². The monoisotopic (exact) mass is 444 g/mol. The van der Waals surface area contributed by atoms with Gasteiger partial charge in [0.2, 0.25) is 10.0 Å². The number of rotatable bonds is 5. The number of hydrogen-bond donors (Lipinski definition) is 0. The first-order valence-corrected chi connectivity index (χ1v) is 10.6. The number of carbonyl (C=O) groups excluding carboxylic acids is 1. The molecule has 0 radical (unpaired) electrons. The van der Waals surface area contributed by atoms with Crippen molar-refractivity contribution in [1.29, 1.82) is 0 Å². The van der Waals surface area contributed by atoms with Gasteiger partial charge < -0.3 is 9.64 Å². The van der Waals surface area contributed by atoms with E-state index in [9.17, 15) is 22.0 Å². The third-order valence-corrected chi connectivity index (χ3v) is 6.93. The second-order valence-electron chi connectivity index (χ2n) is 6.56. The van der Waals surface area contributed by atoms with E-state index in [2.05, 4.69) is 0 Å². The van der Waals surface area contributed by atoms with Crippen LogP contribution in [0.3, 0.4) is 0 Å². The fourth-order valence-electron chi connectivity index (χ4n) is 2.94. The van der Waals surface area contributed by atoms with Crippen molar-refractivity contribution in [3.8, 4) is 5.75 Å². The second kappa shape index (κ2) is 8.64. The Kier molecular flexibility index (Phi) is 6.40. The summed E-state index contributed by atoms with van der Waals surface area (Å²) in [5.41, 5.74) is 0.819. The zero-order chi connectivity index (χ0) is 21.2. The van der Waals surface area contributed by atoms with E-state index in [1.54, 1.807) is 18.2 Å².